The highest BCUT2D eigenvalue weighted by Gasteiger charge is 2.31. The Balaban J connectivity index is 2.44. The molecule has 0 aliphatic carbocycles. The van der Waals surface area contributed by atoms with Crippen molar-refractivity contribution in [2.75, 3.05) is 6.26 Å². The molecule has 0 unspecified atom stereocenters. The third kappa shape index (κ3) is 3.04. The van der Waals surface area contributed by atoms with Gasteiger partial charge < -0.3 is 0 Å². The monoisotopic (exact) mass is 296 g/mol. The lowest BCUT2D eigenvalue weighted by Crippen LogP contribution is -2.08. The molecule has 20 heavy (non-hydrogen) atoms. The van der Waals surface area contributed by atoms with Crippen LogP contribution in [0.25, 0.3) is 0 Å². The number of thioether (sulfide) groups is 1. The summed E-state index contributed by atoms with van der Waals surface area (Å²) in [5.41, 5.74) is -0.356. The van der Waals surface area contributed by atoms with E-state index in [1.165, 1.54) is 23.9 Å². The molecule has 0 atom stereocenters. The highest BCUT2D eigenvalue weighted by molar-refractivity contribution is 7.98. The number of carbonyl (C=O) groups is 1. The van der Waals surface area contributed by atoms with Gasteiger partial charge in [-0.3, -0.25) is 4.79 Å². The molecule has 0 saturated heterocycles. The third-order valence-corrected chi connectivity index (χ3v) is 3.60. The number of halogens is 3. The van der Waals surface area contributed by atoms with Gasteiger partial charge in [0.25, 0.3) is 0 Å². The lowest BCUT2D eigenvalue weighted by Gasteiger charge is -2.09. The van der Waals surface area contributed by atoms with E-state index >= 15 is 0 Å². The Kier molecular flexibility index (Phi) is 4.18. The van der Waals surface area contributed by atoms with E-state index in [1.807, 2.05) is 6.26 Å². The standard InChI is InChI=1S/C15H11F3OS/c1-20-13-8-3-2-7-12(13)14(19)10-5-4-6-11(9-10)15(16,17)18/h2-9H,1H3. The van der Waals surface area contributed by atoms with Gasteiger partial charge in [0.2, 0.25) is 0 Å². The Morgan fingerprint density at radius 1 is 1.05 bits per heavy atom. The number of carbonyl (C=O) groups excluding carboxylic acids is 1. The van der Waals surface area contributed by atoms with Gasteiger partial charge in [-0.15, -0.1) is 11.8 Å². The second-order valence-electron chi connectivity index (χ2n) is 4.11. The molecular formula is C15H11F3OS. The zero-order valence-corrected chi connectivity index (χ0v) is 11.4. The van der Waals surface area contributed by atoms with Crippen molar-refractivity contribution in [1.82, 2.24) is 0 Å². The molecule has 0 amide bonds. The molecule has 0 aliphatic heterocycles. The Hall–Kier alpha value is -1.75. The van der Waals surface area contributed by atoms with E-state index < -0.39 is 17.5 Å². The summed E-state index contributed by atoms with van der Waals surface area (Å²) in [6.45, 7) is 0. The molecule has 0 saturated carbocycles. The molecule has 0 aliphatic rings. The van der Waals surface area contributed by atoms with Crippen LogP contribution in [0.2, 0.25) is 0 Å². The maximum absolute atomic E-state index is 12.7. The van der Waals surface area contributed by atoms with Crippen molar-refractivity contribution < 1.29 is 18.0 Å². The molecule has 104 valence electrons. The number of hydrogen-bond acceptors (Lipinski definition) is 2. The average molecular weight is 296 g/mol. The lowest BCUT2D eigenvalue weighted by molar-refractivity contribution is -0.137. The maximum atomic E-state index is 12.7. The first-order chi connectivity index (χ1) is 9.43. The van der Waals surface area contributed by atoms with Gasteiger partial charge in [0, 0.05) is 16.0 Å². The number of benzene rings is 2. The summed E-state index contributed by atoms with van der Waals surface area (Å²) in [4.78, 5) is 13.1. The molecule has 0 radical (unpaired) electrons. The summed E-state index contributed by atoms with van der Waals surface area (Å²) < 4.78 is 38.0. The van der Waals surface area contributed by atoms with Gasteiger partial charge in [-0.05, 0) is 30.5 Å². The Morgan fingerprint density at radius 3 is 2.40 bits per heavy atom. The molecule has 2 rings (SSSR count). The highest BCUT2D eigenvalue weighted by atomic mass is 32.2. The van der Waals surface area contributed by atoms with Gasteiger partial charge in [0.15, 0.2) is 5.78 Å². The summed E-state index contributed by atoms with van der Waals surface area (Å²) in [6.07, 6.45) is -2.63. The van der Waals surface area contributed by atoms with Crippen LogP contribution >= 0.6 is 11.8 Å². The molecule has 2 aromatic rings. The fourth-order valence-electron chi connectivity index (χ4n) is 1.82. The van der Waals surface area contributed by atoms with Gasteiger partial charge in [-0.2, -0.15) is 13.2 Å². The zero-order valence-electron chi connectivity index (χ0n) is 10.6. The van der Waals surface area contributed by atoms with E-state index in [1.54, 1.807) is 24.3 Å². The van der Waals surface area contributed by atoms with Gasteiger partial charge in [-0.1, -0.05) is 24.3 Å². The minimum atomic E-state index is -4.45. The first-order valence-corrected chi connectivity index (χ1v) is 7.01. The second-order valence-corrected chi connectivity index (χ2v) is 4.96. The van der Waals surface area contributed by atoms with Crippen LogP contribution in [-0.4, -0.2) is 12.0 Å². The highest BCUT2D eigenvalue weighted by Crippen LogP contribution is 2.30. The first kappa shape index (κ1) is 14.7. The smallest absolute Gasteiger partial charge is 0.289 e. The minimum absolute atomic E-state index is 0.0429. The average Bonchev–Trinajstić information content (AvgIpc) is 2.45. The van der Waals surface area contributed by atoms with Crippen LogP contribution in [0.5, 0.6) is 0 Å². The molecule has 0 aromatic heterocycles. The van der Waals surface area contributed by atoms with Crippen molar-refractivity contribution in [3.05, 3.63) is 65.2 Å². The Labute approximate surface area is 118 Å². The largest absolute Gasteiger partial charge is 0.416 e. The van der Waals surface area contributed by atoms with Crippen LogP contribution in [-0.2, 0) is 6.18 Å². The molecular weight excluding hydrogens is 285 g/mol. The molecule has 0 heterocycles. The van der Waals surface area contributed by atoms with Crippen LogP contribution < -0.4 is 0 Å². The van der Waals surface area contributed by atoms with Crippen molar-refractivity contribution >= 4 is 17.5 Å². The minimum Gasteiger partial charge on any atom is -0.289 e. The predicted molar refractivity (Wildman–Crippen MR) is 73.1 cm³/mol. The van der Waals surface area contributed by atoms with Gasteiger partial charge in [-0.25, -0.2) is 0 Å². The lowest BCUT2D eigenvalue weighted by atomic mass is 10.0. The topological polar surface area (TPSA) is 17.1 Å². The Morgan fingerprint density at radius 2 is 1.75 bits per heavy atom. The van der Waals surface area contributed by atoms with Gasteiger partial charge in [0.05, 0.1) is 5.56 Å². The van der Waals surface area contributed by atoms with E-state index in [0.29, 0.717) is 5.56 Å². The summed E-state index contributed by atoms with van der Waals surface area (Å²) in [5.74, 6) is -0.402. The zero-order chi connectivity index (χ0) is 14.8. The number of alkyl halides is 3. The van der Waals surface area contributed by atoms with E-state index in [4.69, 9.17) is 0 Å². The van der Waals surface area contributed by atoms with Crippen LogP contribution in [0.3, 0.4) is 0 Å². The van der Waals surface area contributed by atoms with Crippen molar-refractivity contribution in [3.63, 3.8) is 0 Å². The molecule has 5 heteroatoms. The summed E-state index contributed by atoms with van der Waals surface area (Å²) in [5, 5.41) is 0. The van der Waals surface area contributed by atoms with E-state index in [0.717, 1.165) is 17.0 Å². The SMILES string of the molecule is CSc1ccccc1C(=O)c1cccc(C(F)(F)F)c1. The normalized spacial score (nSPS) is 11.4. The third-order valence-electron chi connectivity index (χ3n) is 2.80. The van der Waals surface area contributed by atoms with E-state index in [-0.39, 0.29) is 5.56 Å². The van der Waals surface area contributed by atoms with E-state index in [2.05, 4.69) is 0 Å². The second kappa shape index (κ2) is 5.71. The molecule has 0 N–H and O–H groups in total. The fraction of sp³-hybridized carbons (Fsp3) is 0.133. The van der Waals surface area contributed by atoms with Crippen LogP contribution in [0, 0.1) is 0 Å². The van der Waals surface area contributed by atoms with Crippen molar-refractivity contribution in [3.8, 4) is 0 Å². The number of hydrogen-bond donors (Lipinski definition) is 0. The first-order valence-electron chi connectivity index (χ1n) is 5.78. The summed E-state index contributed by atoms with van der Waals surface area (Å²) in [7, 11) is 0. The summed E-state index contributed by atoms with van der Waals surface area (Å²) in [6, 6.07) is 11.4. The molecule has 0 fully saturated rings. The van der Waals surface area contributed by atoms with Gasteiger partial charge in [0.1, 0.15) is 0 Å². The van der Waals surface area contributed by atoms with Gasteiger partial charge >= 0.3 is 6.18 Å². The molecule has 0 bridgehead atoms. The van der Waals surface area contributed by atoms with Crippen LogP contribution in [0.15, 0.2) is 53.4 Å². The number of ketones is 1. The predicted octanol–water partition coefficient (Wildman–Crippen LogP) is 4.66. The molecule has 2 aromatic carbocycles. The van der Waals surface area contributed by atoms with Crippen molar-refractivity contribution in [1.29, 1.82) is 0 Å². The van der Waals surface area contributed by atoms with Crippen molar-refractivity contribution in [2.45, 2.75) is 11.1 Å². The quantitative estimate of drug-likeness (QED) is 0.605. The van der Waals surface area contributed by atoms with E-state index in [9.17, 15) is 18.0 Å². The van der Waals surface area contributed by atoms with Crippen LogP contribution in [0.1, 0.15) is 21.5 Å². The molecule has 1 nitrogen and oxygen atoms in total. The Bertz CT molecular complexity index is 635. The van der Waals surface area contributed by atoms with Crippen molar-refractivity contribution in [2.24, 2.45) is 0 Å². The maximum Gasteiger partial charge on any atom is 0.416 e. The van der Waals surface area contributed by atoms with Crippen LogP contribution in [0.4, 0.5) is 13.2 Å². The number of rotatable bonds is 3. The fourth-order valence-corrected chi connectivity index (χ4v) is 2.42. The molecule has 0 spiro atoms. The summed E-state index contributed by atoms with van der Waals surface area (Å²) >= 11 is 1.39.